The Bertz CT molecular complexity index is 3490. The standard InChI is InChI=1S/C66H50N2O2/c1-3-5-19-47-29-30-53(40-48(47)20-6-4-2)68(56-41-49(45-21-11-7-12-22-45)39-50(42-56)46-23-13-8-14-24-46)55-32-34-58-60-36-37-61-65-59(35-38-62(66(60)65)70-64(58)44-55)57-33-31-54(43-63(57)69-61)67(51-25-15-9-16-26-51)52-27-17-10-18-28-52/h3-4,7-18,21-44H,1-2,5-6,19-20H2. The van der Waals surface area contributed by atoms with E-state index < -0.39 is 0 Å². The van der Waals surface area contributed by atoms with Crippen LogP contribution in [0.1, 0.15) is 24.0 Å². The van der Waals surface area contributed by atoms with Gasteiger partial charge in [0.25, 0.3) is 0 Å². The fourth-order valence-corrected chi connectivity index (χ4v) is 10.3. The summed E-state index contributed by atoms with van der Waals surface area (Å²) in [6, 6.07) is 78.0. The molecule has 0 aromatic heterocycles. The van der Waals surface area contributed by atoms with Gasteiger partial charge in [-0.05, 0) is 173 Å². The van der Waals surface area contributed by atoms with Gasteiger partial charge in [0.2, 0.25) is 0 Å². The molecule has 0 spiro atoms. The molecule has 10 aromatic rings. The van der Waals surface area contributed by atoms with Gasteiger partial charge < -0.3 is 19.3 Å². The van der Waals surface area contributed by atoms with Gasteiger partial charge in [0, 0.05) is 68.2 Å². The number of ether oxygens (including phenoxy) is 2. The van der Waals surface area contributed by atoms with Gasteiger partial charge in [-0.2, -0.15) is 0 Å². The van der Waals surface area contributed by atoms with E-state index in [1.807, 2.05) is 24.3 Å². The number of anilines is 6. The zero-order valence-corrected chi connectivity index (χ0v) is 38.9. The average Bonchev–Trinajstić information content (AvgIpc) is 3.42. The molecule has 2 aliphatic rings. The summed E-state index contributed by atoms with van der Waals surface area (Å²) < 4.78 is 13.9. The van der Waals surface area contributed by atoms with Crippen molar-refractivity contribution in [2.45, 2.75) is 25.7 Å². The molecule has 4 heteroatoms. The molecule has 336 valence electrons. The van der Waals surface area contributed by atoms with E-state index in [0.29, 0.717) is 0 Å². The second-order valence-electron chi connectivity index (χ2n) is 18.0. The second kappa shape index (κ2) is 18.3. The third kappa shape index (κ3) is 7.80. The summed E-state index contributed by atoms with van der Waals surface area (Å²) in [5.74, 6) is 3.25. The molecule has 0 unspecified atom stereocenters. The molecule has 2 heterocycles. The van der Waals surface area contributed by atoms with Crippen LogP contribution in [-0.4, -0.2) is 0 Å². The van der Waals surface area contributed by atoms with Crippen LogP contribution in [-0.2, 0) is 12.8 Å². The Balaban J connectivity index is 0.979. The van der Waals surface area contributed by atoms with Crippen molar-refractivity contribution < 1.29 is 9.47 Å². The van der Waals surface area contributed by atoms with Crippen molar-refractivity contribution in [3.05, 3.63) is 255 Å². The molecule has 0 aliphatic carbocycles. The number of para-hydroxylation sites is 2. The van der Waals surface area contributed by atoms with Crippen molar-refractivity contribution in [2.75, 3.05) is 9.80 Å². The van der Waals surface area contributed by atoms with E-state index >= 15 is 0 Å². The third-order valence-electron chi connectivity index (χ3n) is 13.7. The molecule has 0 saturated heterocycles. The Morgan fingerprint density at radius 3 is 1.21 bits per heavy atom. The molecule has 2 aliphatic heterocycles. The second-order valence-corrected chi connectivity index (χ2v) is 18.0. The number of hydrogen-bond acceptors (Lipinski definition) is 4. The first-order valence-corrected chi connectivity index (χ1v) is 24.2. The van der Waals surface area contributed by atoms with Crippen molar-refractivity contribution in [1.29, 1.82) is 0 Å². The fourth-order valence-electron chi connectivity index (χ4n) is 10.3. The summed E-state index contributed by atoms with van der Waals surface area (Å²) in [4.78, 5) is 4.66. The molecule has 0 N–H and O–H groups in total. The summed E-state index contributed by atoms with van der Waals surface area (Å²) in [5.41, 5.74) is 17.9. The van der Waals surface area contributed by atoms with E-state index in [2.05, 4.69) is 229 Å². The number of aryl methyl sites for hydroxylation is 2. The van der Waals surface area contributed by atoms with Crippen molar-refractivity contribution in [3.63, 3.8) is 0 Å². The Labute approximate surface area is 410 Å². The van der Waals surface area contributed by atoms with Gasteiger partial charge in [-0.25, -0.2) is 0 Å². The topological polar surface area (TPSA) is 24.9 Å². The molecule has 0 bridgehead atoms. The number of nitrogens with zero attached hydrogens (tertiary/aromatic N) is 2. The molecule has 70 heavy (non-hydrogen) atoms. The van der Waals surface area contributed by atoms with E-state index in [9.17, 15) is 0 Å². The Kier molecular flexibility index (Phi) is 11.1. The molecular weight excluding hydrogens is 853 g/mol. The van der Waals surface area contributed by atoms with Crippen LogP contribution in [0, 0.1) is 0 Å². The van der Waals surface area contributed by atoms with Gasteiger partial charge in [-0.15, -0.1) is 13.2 Å². The van der Waals surface area contributed by atoms with Crippen LogP contribution >= 0.6 is 0 Å². The van der Waals surface area contributed by atoms with E-state index in [-0.39, 0.29) is 0 Å². The Morgan fingerprint density at radius 2 is 0.729 bits per heavy atom. The molecule has 0 atom stereocenters. The van der Waals surface area contributed by atoms with Gasteiger partial charge >= 0.3 is 0 Å². The van der Waals surface area contributed by atoms with Crippen LogP contribution in [0.3, 0.4) is 0 Å². The van der Waals surface area contributed by atoms with Gasteiger partial charge in [-0.3, -0.25) is 0 Å². The van der Waals surface area contributed by atoms with E-state index in [0.717, 1.165) is 138 Å². The van der Waals surface area contributed by atoms with Crippen LogP contribution in [0.15, 0.2) is 244 Å². The summed E-state index contributed by atoms with van der Waals surface area (Å²) in [6.07, 6.45) is 7.68. The molecular formula is C66H50N2O2. The van der Waals surface area contributed by atoms with Crippen LogP contribution in [0.2, 0.25) is 0 Å². The summed E-state index contributed by atoms with van der Waals surface area (Å²) >= 11 is 0. The highest BCUT2D eigenvalue weighted by Crippen LogP contribution is 2.56. The first kappa shape index (κ1) is 42.5. The zero-order chi connectivity index (χ0) is 47.0. The number of benzene rings is 10. The Hall–Kier alpha value is -8.86. The first-order chi connectivity index (χ1) is 34.6. The molecule has 4 nitrogen and oxygen atoms in total. The molecule has 12 rings (SSSR count). The smallest absolute Gasteiger partial charge is 0.137 e. The minimum Gasteiger partial charge on any atom is -0.456 e. The minimum atomic E-state index is 0.804. The van der Waals surface area contributed by atoms with Gasteiger partial charge in [0.05, 0.1) is 0 Å². The zero-order valence-electron chi connectivity index (χ0n) is 38.9. The lowest BCUT2D eigenvalue weighted by Gasteiger charge is -2.31. The van der Waals surface area contributed by atoms with Gasteiger partial charge in [-0.1, -0.05) is 115 Å². The minimum absolute atomic E-state index is 0.804. The molecule has 0 amide bonds. The van der Waals surface area contributed by atoms with Crippen LogP contribution in [0.25, 0.3) is 55.3 Å². The summed E-state index contributed by atoms with van der Waals surface area (Å²) in [7, 11) is 0. The molecule has 0 fully saturated rings. The van der Waals surface area contributed by atoms with E-state index in [1.54, 1.807) is 0 Å². The van der Waals surface area contributed by atoms with Crippen molar-refractivity contribution in [2.24, 2.45) is 0 Å². The maximum Gasteiger partial charge on any atom is 0.137 e. The predicted octanol–water partition coefficient (Wildman–Crippen LogP) is 18.9. The third-order valence-corrected chi connectivity index (χ3v) is 13.7. The van der Waals surface area contributed by atoms with Gasteiger partial charge in [0.1, 0.15) is 23.0 Å². The lowest BCUT2D eigenvalue weighted by atomic mass is 9.88. The van der Waals surface area contributed by atoms with Crippen molar-refractivity contribution in [1.82, 2.24) is 0 Å². The lowest BCUT2D eigenvalue weighted by Crippen LogP contribution is -2.12. The quantitative estimate of drug-likeness (QED) is 0.102. The Morgan fingerprint density at radius 1 is 0.314 bits per heavy atom. The van der Waals surface area contributed by atoms with E-state index in [4.69, 9.17) is 9.47 Å². The maximum absolute atomic E-state index is 7.04. The molecule has 0 saturated carbocycles. The molecule has 10 aromatic carbocycles. The van der Waals surface area contributed by atoms with E-state index in [1.165, 1.54) is 11.1 Å². The monoisotopic (exact) mass is 902 g/mol. The highest BCUT2D eigenvalue weighted by Gasteiger charge is 2.30. The van der Waals surface area contributed by atoms with Crippen LogP contribution in [0.5, 0.6) is 23.0 Å². The van der Waals surface area contributed by atoms with Crippen molar-refractivity contribution in [3.8, 4) is 67.5 Å². The summed E-state index contributed by atoms with van der Waals surface area (Å²) in [5, 5.41) is 2.12. The number of rotatable bonds is 14. The van der Waals surface area contributed by atoms with Crippen LogP contribution < -0.4 is 19.3 Å². The first-order valence-electron chi connectivity index (χ1n) is 24.2. The maximum atomic E-state index is 7.04. The average molecular weight is 903 g/mol. The number of allylic oxidation sites excluding steroid dienone is 2. The molecule has 0 radical (unpaired) electrons. The fraction of sp³-hybridized carbons (Fsp3) is 0.0606. The van der Waals surface area contributed by atoms with Gasteiger partial charge in [0.15, 0.2) is 0 Å². The highest BCUT2D eigenvalue weighted by molar-refractivity contribution is 6.14. The van der Waals surface area contributed by atoms with Crippen LogP contribution in [0.4, 0.5) is 34.1 Å². The normalized spacial score (nSPS) is 11.7. The lowest BCUT2D eigenvalue weighted by molar-refractivity contribution is 0.480. The SMILES string of the molecule is C=CCCc1ccc(N(c2cc(-c3ccccc3)cc(-c3ccccc3)c2)c2ccc3c(c2)Oc2ccc4c5c(ccc-3c25)Oc2cc(N(c3ccccc3)c3ccccc3)ccc2-4)cc1CCC=C. The number of hydrogen-bond donors (Lipinski definition) is 0. The highest BCUT2D eigenvalue weighted by atomic mass is 16.5. The predicted molar refractivity (Wildman–Crippen MR) is 292 cm³/mol. The number of fused-ring (bicyclic) bond motifs is 4. The van der Waals surface area contributed by atoms with Crippen molar-refractivity contribution >= 4 is 44.9 Å². The largest absolute Gasteiger partial charge is 0.456 e. The summed E-state index contributed by atoms with van der Waals surface area (Å²) in [6.45, 7) is 8.10.